The minimum Gasteiger partial charge on any atom is -0.497 e. The minimum atomic E-state index is -0.0929. The molecule has 0 unspecified atom stereocenters. The van der Waals surface area contributed by atoms with E-state index >= 15 is 0 Å². The number of hydrogen-bond acceptors (Lipinski definition) is 8. The van der Waals surface area contributed by atoms with E-state index in [9.17, 15) is 4.79 Å². The van der Waals surface area contributed by atoms with Crippen LogP contribution in [0.15, 0.2) is 30.3 Å². The quantitative estimate of drug-likeness (QED) is 0.672. The second-order valence-corrected chi connectivity index (χ2v) is 8.39. The zero-order chi connectivity index (χ0) is 23.2. The minimum absolute atomic E-state index is 0.0929. The smallest absolute Gasteiger partial charge is 0.321 e. The maximum Gasteiger partial charge on any atom is 0.321 e. The highest BCUT2D eigenvalue weighted by Gasteiger charge is 2.23. The number of anilines is 3. The first kappa shape index (κ1) is 23.1. The van der Waals surface area contributed by atoms with Gasteiger partial charge in [0.25, 0.3) is 0 Å². The topological polar surface area (TPSA) is 97.3 Å². The van der Waals surface area contributed by atoms with Gasteiger partial charge in [-0.3, -0.25) is 4.90 Å². The number of nitrogens with zero attached hydrogens (tertiary/aromatic N) is 6. The van der Waals surface area contributed by atoms with Crippen LogP contribution in [0.2, 0.25) is 0 Å². The third kappa shape index (κ3) is 5.63. The Labute approximate surface area is 194 Å². The molecule has 0 saturated carbocycles. The fourth-order valence-corrected chi connectivity index (χ4v) is 4.23. The second-order valence-electron chi connectivity index (χ2n) is 8.39. The predicted molar refractivity (Wildman–Crippen MR) is 128 cm³/mol. The Kier molecular flexibility index (Phi) is 7.46. The summed E-state index contributed by atoms with van der Waals surface area (Å²) in [6.45, 7) is 9.15. The Morgan fingerprint density at radius 1 is 0.970 bits per heavy atom. The molecule has 1 aromatic carbocycles. The van der Waals surface area contributed by atoms with Crippen molar-refractivity contribution in [2.24, 2.45) is 0 Å². The molecule has 0 spiro atoms. The molecule has 33 heavy (non-hydrogen) atoms. The SMILES string of the molecule is COc1ccc(NC(=O)N2CCN(c3ccc(N4CCN(CCO)CC4)nn3)CC2)c(C)c1. The number of hydrogen-bond donors (Lipinski definition) is 2. The van der Waals surface area contributed by atoms with Gasteiger partial charge in [-0.15, -0.1) is 10.2 Å². The van der Waals surface area contributed by atoms with E-state index in [0.29, 0.717) is 26.2 Å². The van der Waals surface area contributed by atoms with E-state index < -0.39 is 0 Å². The number of aromatic nitrogens is 2. The number of aryl methyl sites for hydroxylation is 1. The molecule has 0 aliphatic carbocycles. The van der Waals surface area contributed by atoms with E-state index in [1.165, 1.54) is 0 Å². The first-order valence-electron chi connectivity index (χ1n) is 11.4. The molecule has 2 aliphatic heterocycles. The van der Waals surface area contributed by atoms with Crippen LogP contribution in [-0.4, -0.2) is 104 Å². The summed E-state index contributed by atoms with van der Waals surface area (Å²) in [4.78, 5) is 21.2. The molecular weight excluding hydrogens is 422 g/mol. The number of urea groups is 1. The van der Waals surface area contributed by atoms with E-state index in [4.69, 9.17) is 9.84 Å². The molecule has 2 aliphatic rings. The van der Waals surface area contributed by atoms with Crippen LogP contribution in [0.3, 0.4) is 0 Å². The lowest BCUT2D eigenvalue weighted by Gasteiger charge is -2.36. The van der Waals surface area contributed by atoms with E-state index in [1.54, 1.807) is 7.11 Å². The summed E-state index contributed by atoms with van der Waals surface area (Å²) in [7, 11) is 1.63. The summed E-state index contributed by atoms with van der Waals surface area (Å²) < 4.78 is 5.23. The zero-order valence-electron chi connectivity index (χ0n) is 19.4. The summed E-state index contributed by atoms with van der Waals surface area (Å²) in [5, 5.41) is 21.0. The molecule has 0 radical (unpaired) electrons. The van der Waals surface area contributed by atoms with E-state index in [1.807, 2.05) is 42.2 Å². The van der Waals surface area contributed by atoms with E-state index in [2.05, 4.69) is 30.2 Å². The van der Waals surface area contributed by atoms with Gasteiger partial charge in [0.1, 0.15) is 5.75 Å². The lowest BCUT2D eigenvalue weighted by atomic mass is 10.2. The van der Waals surface area contributed by atoms with Crippen LogP contribution in [0.4, 0.5) is 22.1 Å². The zero-order valence-corrected chi connectivity index (χ0v) is 19.4. The van der Waals surface area contributed by atoms with Gasteiger partial charge in [-0.2, -0.15) is 0 Å². The number of β-amino-alcohol motifs (C(OH)–C–C–N with tert-alkyl or cyclic N) is 1. The highest BCUT2D eigenvalue weighted by molar-refractivity contribution is 5.90. The van der Waals surface area contributed by atoms with Crippen molar-refractivity contribution in [3.63, 3.8) is 0 Å². The van der Waals surface area contributed by atoms with Crippen molar-refractivity contribution < 1.29 is 14.6 Å². The maximum atomic E-state index is 12.7. The molecule has 4 rings (SSSR count). The molecule has 10 heteroatoms. The maximum absolute atomic E-state index is 12.7. The van der Waals surface area contributed by atoms with Crippen LogP contribution in [0.1, 0.15) is 5.56 Å². The molecule has 2 fully saturated rings. The average Bonchev–Trinajstić information content (AvgIpc) is 2.86. The van der Waals surface area contributed by atoms with Gasteiger partial charge >= 0.3 is 6.03 Å². The van der Waals surface area contributed by atoms with E-state index in [0.717, 1.165) is 61.4 Å². The molecule has 2 saturated heterocycles. The number of ether oxygens (including phenoxy) is 1. The van der Waals surface area contributed by atoms with Gasteiger partial charge in [-0.05, 0) is 42.8 Å². The van der Waals surface area contributed by atoms with Crippen LogP contribution in [0, 0.1) is 6.92 Å². The molecule has 1 aromatic heterocycles. The van der Waals surface area contributed by atoms with Crippen LogP contribution >= 0.6 is 0 Å². The number of amides is 2. The lowest BCUT2D eigenvalue weighted by Crippen LogP contribution is -2.50. The number of benzene rings is 1. The summed E-state index contributed by atoms with van der Waals surface area (Å²) >= 11 is 0. The monoisotopic (exact) mass is 455 g/mol. The Hall–Kier alpha value is -3.11. The van der Waals surface area contributed by atoms with Crippen molar-refractivity contribution in [1.29, 1.82) is 0 Å². The fourth-order valence-electron chi connectivity index (χ4n) is 4.23. The predicted octanol–water partition coefficient (Wildman–Crippen LogP) is 1.26. The summed E-state index contributed by atoms with van der Waals surface area (Å²) in [5.41, 5.74) is 1.76. The number of nitrogens with one attached hydrogen (secondary N) is 1. The first-order chi connectivity index (χ1) is 16.1. The lowest BCUT2D eigenvalue weighted by molar-refractivity contribution is 0.188. The van der Waals surface area contributed by atoms with Crippen molar-refractivity contribution in [2.75, 3.05) is 87.7 Å². The molecular formula is C23H33N7O3. The van der Waals surface area contributed by atoms with Crippen molar-refractivity contribution >= 4 is 23.4 Å². The van der Waals surface area contributed by atoms with Crippen molar-refractivity contribution in [3.05, 3.63) is 35.9 Å². The highest BCUT2D eigenvalue weighted by atomic mass is 16.5. The van der Waals surface area contributed by atoms with Gasteiger partial charge in [0, 0.05) is 64.6 Å². The number of aliphatic hydroxyl groups excluding tert-OH is 1. The molecule has 0 atom stereocenters. The standard InChI is InChI=1S/C23H33N7O3/c1-18-17-19(33-2)3-4-20(18)24-23(32)30-13-11-29(12-14-30)22-6-5-21(25-26-22)28-9-7-27(8-10-28)15-16-31/h3-6,17,31H,7-16H2,1-2H3,(H,24,32). The largest absolute Gasteiger partial charge is 0.497 e. The summed E-state index contributed by atoms with van der Waals surface area (Å²) in [6, 6.07) is 9.56. The Morgan fingerprint density at radius 2 is 1.58 bits per heavy atom. The second kappa shape index (κ2) is 10.7. The molecule has 10 nitrogen and oxygen atoms in total. The van der Waals surface area contributed by atoms with Crippen molar-refractivity contribution in [2.45, 2.75) is 6.92 Å². The number of piperazine rings is 2. The molecule has 178 valence electrons. The third-order valence-electron chi connectivity index (χ3n) is 6.31. The number of carbonyl (C=O) groups excluding carboxylic acids is 1. The molecule has 0 bridgehead atoms. The molecule has 3 heterocycles. The van der Waals surface area contributed by atoms with Crippen molar-refractivity contribution in [1.82, 2.24) is 20.0 Å². The van der Waals surface area contributed by atoms with Crippen LogP contribution in [-0.2, 0) is 0 Å². The van der Waals surface area contributed by atoms with Gasteiger partial charge in [0.2, 0.25) is 0 Å². The Bertz CT molecular complexity index is 924. The number of carbonyl (C=O) groups is 1. The fraction of sp³-hybridized carbons (Fsp3) is 0.522. The molecule has 2 N–H and O–H groups in total. The summed E-state index contributed by atoms with van der Waals surface area (Å²) in [6.07, 6.45) is 0. The Balaban J connectivity index is 1.27. The van der Waals surface area contributed by atoms with Gasteiger partial charge in [0.05, 0.1) is 13.7 Å². The first-order valence-corrected chi connectivity index (χ1v) is 11.4. The summed E-state index contributed by atoms with van der Waals surface area (Å²) in [5.74, 6) is 2.49. The van der Waals surface area contributed by atoms with Gasteiger partial charge in [-0.1, -0.05) is 0 Å². The van der Waals surface area contributed by atoms with Crippen molar-refractivity contribution in [3.8, 4) is 5.75 Å². The van der Waals surface area contributed by atoms with Gasteiger partial charge in [-0.25, -0.2) is 4.79 Å². The van der Waals surface area contributed by atoms with Gasteiger partial charge in [0.15, 0.2) is 11.6 Å². The number of aliphatic hydroxyl groups is 1. The highest BCUT2D eigenvalue weighted by Crippen LogP contribution is 2.22. The number of rotatable bonds is 6. The third-order valence-corrected chi connectivity index (χ3v) is 6.31. The van der Waals surface area contributed by atoms with E-state index in [-0.39, 0.29) is 12.6 Å². The molecule has 2 aromatic rings. The number of methoxy groups -OCH3 is 1. The van der Waals surface area contributed by atoms with Crippen LogP contribution < -0.4 is 19.9 Å². The molecule has 2 amide bonds. The Morgan fingerprint density at radius 3 is 2.09 bits per heavy atom. The normalized spacial score (nSPS) is 17.2. The average molecular weight is 456 g/mol. The van der Waals surface area contributed by atoms with Crippen LogP contribution in [0.25, 0.3) is 0 Å². The van der Waals surface area contributed by atoms with Crippen LogP contribution in [0.5, 0.6) is 5.75 Å². The van der Waals surface area contributed by atoms with Gasteiger partial charge < -0.3 is 29.9 Å².